The van der Waals surface area contributed by atoms with Crippen LogP contribution < -0.4 is 0 Å². The highest BCUT2D eigenvalue weighted by Crippen LogP contribution is 2.60. The molecule has 0 unspecified atom stereocenters. The minimum Gasteiger partial charge on any atom is -0.480 e. The lowest BCUT2D eigenvalue weighted by molar-refractivity contribution is -0.162. The number of ether oxygens (including phenoxy) is 1. The number of hydrogen-bond donors (Lipinski definition) is 2. The molecule has 188 valence electrons. The fourth-order valence-electron chi connectivity index (χ4n) is 7.43. The van der Waals surface area contributed by atoms with Gasteiger partial charge in [0.2, 0.25) is 0 Å². The van der Waals surface area contributed by atoms with E-state index in [-0.39, 0.29) is 12.8 Å². The minimum absolute atomic E-state index is 0.253. The summed E-state index contributed by atoms with van der Waals surface area (Å²) in [5, 5.41) is 21.9. The van der Waals surface area contributed by atoms with Crippen molar-refractivity contribution in [1.29, 1.82) is 0 Å². The minimum atomic E-state index is -1.30. The molecule has 2 aliphatic carbocycles. The van der Waals surface area contributed by atoms with Crippen LogP contribution in [-0.4, -0.2) is 35.4 Å². The van der Waals surface area contributed by atoms with Gasteiger partial charge >= 0.3 is 11.9 Å². The quantitative estimate of drug-likeness (QED) is 0.344. The third-order valence-electron chi connectivity index (χ3n) is 8.95. The molecule has 1 aliphatic heterocycles. The molecule has 4 aromatic rings. The molecular weight excluding hydrogens is 476 g/mol. The average molecular weight is 503 g/mol. The SMILES string of the molecule is O=C(O)C1(CC2(CC3(C(=O)O)c4ccccc4-c4ccccc43)COC2)c2ccccc2-c2ccccc21. The fourth-order valence-corrected chi connectivity index (χ4v) is 7.43. The van der Waals surface area contributed by atoms with Crippen LogP contribution in [0.15, 0.2) is 97.1 Å². The third kappa shape index (κ3) is 2.80. The first kappa shape index (κ1) is 22.9. The summed E-state index contributed by atoms with van der Waals surface area (Å²) in [4.78, 5) is 26.7. The van der Waals surface area contributed by atoms with Crippen LogP contribution in [0.25, 0.3) is 22.3 Å². The van der Waals surface area contributed by atoms with Crippen LogP contribution in [0.1, 0.15) is 35.1 Å². The van der Waals surface area contributed by atoms with Gasteiger partial charge in [0.15, 0.2) is 0 Å². The Morgan fingerprint density at radius 1 is 0.553 bits per heavy atom. The highest BCUT2D eigenvalue weighted by molar-refractivity contribution is 5.98. The Hall–Kier alpha value is -4.22. The van der Waals surface area contributed by atoms with E-state index in [1.54, 1.807) is 0 Å². The van der Waals surface area contributed by atoms with Crippen LogP contribution in [0.5, 0.6) is 0 Å². The molecule has 2 N–H and O–H groups in total. The fraction of sp³-hybridized carbons (Fsp3) is 0.212. The van der Waals surface area contributed by atoms with E-state index in [0.717, 1.165) is 44.5 Å². The second kappa shape index (κ2) is 7.89. The molecular formula is C33H26O5. The third-order valence-corrected chi connectivity index (χ3v) is 8.95. The molecule has 7 rings (SSSR count). The molecule has 0 spiro atoms. The Balaban J connectivity index is 1.42. The molecule has 4 aromatic carbocycles. The summed E-state index contributed by atoms with van der Waals surface area (Å²) >= 11 is 0. The molecule has 0 saturated carbocycles. The first-order chi connectivity index (χ1) is 18.4. The van der Waals surface area contributed by atoms with Gasteiger partial charge in [-0.25, -0.2) is 0 Å². The largest absolute Gasteiger partial charge is 0.480 e. The van der Waals surface area contributed by atoms with Crippen molar-refractivity contribution in [3.63, 3.8) is 0 Å². The lowest BCUT2D eigenvalue weighted by Gasteiger charge is -2.49. The Labute approximate surface area is 220 Å². The van der Waals surface area contributed by atoms with E-state index in [1.165, 1.54) is 0 Å². The number of carbonyl (C=O) groups is 2. The second-order valence-corrected chi connectivity index (χ2v) is 10.9. The number of fused-ring (bicyclic) bond motifs is 6. The predicted octanol–water partition coefficient (Wildman–Crippen LogP) is 5.89. The van der Waals surface area contributed by atoms with Crippen molar-refractivity contribution in [2.24, 2.45) is 5.41 Å². The summed E-state index contributed by atoms with van der Waals surface area (Å²) in [5.74, 6) is -1.84. The first-order valence-electron chi connectivity index (χ1n) is 12.9. The summed E-state index contributed by atoms with van der Waals surface area (Å²) in [5.41, 5.74) is 3.47. The van der Waals surface area contributed by atoms with Gasteiger partial charge < -0.3 is 14.9 Å². The molecule has 1 heterocycles. The van der Waals surface area contributed by atoms with Crippen LogP contribution in [0.2, 0.25) is 0 Å². The molecule has 0 aromatic heterocycles. The number of aliphatic carboxylic acids is 2. The van der Waals surface area contributed by atoms with Crippen LogP contribution in [-0.2, 0) is 25.2 Å². The number of benzene rings is 4. The van der Waals surface area contributed by atoms with Crippen molar-refractivity contribution in [3.8, 4) is 22.3 Å². The lowest BCUT2D eigenvalue weighted by atomic mass is 9.58. The van der Waals surface area contributed by atoms with Crippen molar-refractivity contribution < 1.29 is 24.5 Å². The van der Waals surface area contributed by atoms with Gasteiger partial charge in [0.05, 0.1) is 13.2 Å². The maximum atomic E-state index is 13.4. The predicted molar refractivity (Wildman–Crippen MR) is 143 cm³/mol. The molecule has 3 aliphatic rings. The van der Waals surface area contributed by atoms with Gasteiger partial charge in [-0.15, -0.1) is 0 Å². The number of rotatable bonds is 6. The van der Waals surface area contributed by atoms with Crippen LogP contribution >= 0.6 is 0 Å². The molecule has 5 nitrogen and oxygen atoms in total. The molecule has 0 bridgehead atoms. The Bertz CT molecular complexity index is 1420. The Morgan fingerprint density at radius 3 is 1.08 bits per heavy atom. The van der Waals surface area contributed by atoms with E-state index < -0.39 is 28.2 Å². The molecule has 38 heavy (non-hydrogen) atoms. The average Bonchev–Trinajstić information content (AvgIpc) is 3.37. The summed E-state index contributed by atoms with van der Waals surface area (Å²) in [7, 11) is 0. The second-order valence-electron chi connectivity index (χ2n) is 10.9. The van der Waals surface area contributed by atoms with Gasteiger partial charge in [-0.2, -0.15) is 0 Å². The van der Waals surface area contributed by atoms with Gasteiger partial charge in [-0.3, -0.25) is 9.59 Å². The van der Waals surface area contributed by atoms with E-state index in [9.17, 15) is 19.8 Å². The van der Waals surface area contributed by atoms with E-state index in [2.05, 4.69) is 0 Å². The van der Waals surface area contributed by atoms with Gasteiger partial charge in [0.1, 0.15) is 10.8 Å². The molecule has 0 amide bonds. The van der Waals surface area contributed by atoms with E-state index in [0.29, 0.717) is 13.2 Å². The standard InChI is InChI=1S/C33H26O5/c34-29(35)32(25-13-5-1-9-21(25)22-10-2-6-14-26(22)32)17-31(19-38-20-31)18-33(30(36)37)27-15-7-3-11-23(27)24-12-4-8-16-28(24)33/h1-16H,17-20H2,(H,34,35)(H,36,37). The first-order valence-corrected chi connectivity index (χ1v) is 12.9. The normalized spacial score (nSPS) is 18.4. The van der Waals surface area contributed by atoms with Crippen LogP contribution in [0.3, 0.4) is 0 Å². The zero-order valence-electron chi connectivity index (χ0n) is 20.7. The molecule has 0 radical (unpaired) electrons. The van der Waals surface area contributed by atoms with Crippen LogP contribution in [0.4, 0.5) is 0 Å². The van der Waals surface area contributed by atoms with Crippen molar-refractivity contribution in [2.45, 2.75) is 23.7 Å². The van der Waals surface area contributed by atoms with Crippen molar-refractivity contribution in [1.82, 2.24) is 0 Å². The maximum Gasteiger partial charge on any atom is 0.318 e. The Kier molecular flexibility index (Phi) is 4.76. The molecule has 1 fully saturated rings. The lowest BCUT2D eigenvalue weighted by Crippen LogP contribution is -2.54. The molecule has 0 atom stereocenters. The zero-order chi connectivity index (χ0) is 26.1. The number of hydrogen-bond acceptors (Lipinski definition) is 3. The number of carboxylic acid groups (broad SMARTS) is 2. The van der Waals surface area contributed by atoms with E-state index >= 15 is 0 Å². The smallest absolute Gasteiger partial charge is 0.318 e. The monoisotopic (exact) mass is 502 g/mol. The van der Waals surface area contributed by atoms with E-state index in [4.69, 9.17) is 4.74 Å². The van der Waals surface area contributed by atoms with Crippen LogP contribution in [0, 0.1) is 5.41 Å². The zero-order valence-corrected chi connectivity index (χ0v) is 20.7. The summed E-state index contributed by atoms with van der Waals surface area (Å²) < 4.78 is 5.77. The highest BCUT2D eigenvalue weighted by atomic mass is 16.5. The summed E-state index contributed by atoms with van der Waals surface area (Å²) in [6.45, 7) is 0.622. The highest BCUT2D eigenvalue weighted by Gasteiger charge is 2.61. The van der Waals surface area contributed by atoms with Crippen molar-refractivity contribution in [2.75, 3.05) is 13.2 Å². The van der Waals surface area contributed by atoms with Crippen molar-refractivity contribution in [3.05, 3.63) is 119 Å². The van der Waals surface area contributed by atoms with E-state index in [1.807, 2.05) is 97.1 Å². The van der Waals surface area contributed by atoms with Gasteiger partial charge in [0.25, 0.3) is 0 Å². The topological polar surface area (TPSA) is 83.8 Å². The van der Waals surface area contributed by atoms with Gasteiger partial charge in [-0.05, 0) is 57.3 Å². The van der Waals surface area contributed by atoms with Gasteiger partial charge in [-0.1, -0.05) is 97.1 Å². The van der Waals surface area contributed by atoms with Crippen molar-refractivity contribution >= 4 is 11.9 Å². The maximum absolute atomic E-state index is 13.4. The number of carboxylic acids is 2. The Morgan fingerprint density at radius 2 is 0.842 bits per heavy atom. The van der Waals surface area contributed by atoms with Gasteiger partial charge in [0, 0.05) is 5.41 Å². The summed E-state index contributed by atoms with van der Waals surface area (Å²) in [6, 6.07) is 30.8. The summed E-state index contributed by atoms with van der Waals surface area (Å²) in [6.07, 6.45) is 0.505. The molecule has 1 saturated heterocycles. The molecule has 5 heteroatoms.